The molecular formula is C27H31FN8O. The van der Waals surface area contributed by atoms with E-state index >= 15 is 0 Å². The number of nitrogens with zero attached hydrogens (tertiary/aromatic N) is 7. The maximum absolute atomic E-state index is 14.4. The van der Waals surface area contributed by atoms with Crippen LogP contribution in [0.3, 0.4) is 0 Å². The predicted octanol–water partition coefficient (Wildman–Crippen LogP) is 5.39. The number of aromatic nitrogens is 6. The number of hydrogen-bond acceptors (Lipinski definition) is 7. The largest absolute Gasteiger partial charge is 0.472 e. The Balaban J connectivity index is 1.44. The van der Waals surface area contributed by atoms with Gasteiger partial charge in [0.25, 0.3) is 5.88 Å². The van der Waals surface area contributed by atoms with E-state index in [-0.39, 0.29) is 18.0 Å². The molecule has 0 aliphatic heterocycles. The fraction of sp³-hybridized carbons (Fsp3) is 0.444. The Labute approximate surface area is 215 Å². The fourth-order valence-electron chi connectivity index (χ4n) is 4.77. The highest BCUT2D eigenvalue weighted by molar-refractivity contribution is 5.93. The first kappa shape index (κ1) is 24.7. The van der Waals surface area contributed by atoms with Gasteiger partial charge in [-0.3, -0.25) is 9.36 Å². The SMILES string of the molecule is CCNc1cc2c(cn1)c(-c1cnn(C(C)(C)C#N)c1)nn2C1CCC(Oc2nccc(C)c2F)CC1. The summed E-state index contributed by atoms with van der Waals surface area (Å²) in [5, 5.41) is 23.2. The first-order valence-electron chi connectivity index (χ1n) is 12.7. The Bertz CT molecular complexity index is 1460. The third-order valence-corrected chi connectivity index (χ3v) is 6.97. The van der Waals surface area contributed by atoms with E-state index < -0.39 is 11.4 Å². The number of aryl methyl sites for hydroxylation is 1. The number of anilines is 1. The number of nitriles is 1. The number of hydrogen-bond donors (Lipinski definition) is 1. The van der Waals surface area contributed by atoms with E-state index in [9.17, 15) is 9.65 Å². The fourth-order valence-corrected chi connectivity index (χ4v) is 4.77. The van der Waals surface area contributed by atoms with Gasteiger partial charge in [-0.25, -0.2) is 14.4 Å². The van der Waals surface area contributed by atoms with Crippen LogP contribution in [0.2, 0.25) is 0 Å². The lowest BCUT2D eigenvalue weighted by Gasteiger charge is -2.29. The van der Waals surface area contributed by atoms with Gasteiger partial charge in [0.1, 0.15) is 23.2 Å². The highest BCUT2D eigenvalue weighted by atomic mass is 19.1. The highest BCUT2D eigenvalue weighted by Crippen LogP contribution is 2.37. The molecule has 1 N–H and O–H groups in total. The summed E-state index contributed by atoms with van der Waals surface area (Å²) in [6.45, 7) is 8.16. The van der Waals surface area contributed by atoms with Crippen LogP contribution in [-0.2, 0) is 5.54 Å². The van der Waals surface area contributed by atoms with Gasteiger partial charge < -0.3 is 10.1 Å². The molecule has 0 bridgehead atoms. The molecule has 37 heavy (non-hydrogen) atoms. The van der Waals surface area contributed by atoms with Crippen LogP contribution in [0, 0.1) is 24.1 Å². The van der Waals surface area contributed by atoms with Gasteiger partial charge in [0.2, 0.25) is 0 Å². The van der Waals surface area contributed by atoms with Crippen molar-refractivity contribution in [1.29, 1.82) is 5.26 Å². The quantitative estimate of drug-likeness (QED) is 0.361. The van der Waals surface area contributed by atoms with Crippen molar-refractivity contribution in [1.82, 2.24) is 29.5 Å². The smallest absolute Gasteiger partial charge is 0.250 e. The molecule has 9 nitrogen and oxygen atoms in total. The Morgan fingerprint density at radius 3 is 2.73 bits per heavy atom. The van der Waals surface area contributed by atoms with Gasteiger partial charge in [-0.2, -0.15) is 15.5 Å². The van der Waals surface area contributed by atoms with Gasteiger partial charge in [-0.1, -0.05) is 0 Å². The van der Waals surface area contributed by atoms with E-state index in [1.54, 1.807) is 30.1 Å². The summed E-state index contributed by atoms with van der Waals surface area (Å²) in [6.07, 6.45) is 10.2. The summed E-state index contributed by atoms with van der Waals surface area (Å²) in [7, 11) is 0. The van der Waals surface area contributed by atoms with Crippen LogP contribution >= 0.6 is 0 Å². The number of halogens is 1. The van der Waals surface area contributed by atoms with Crippen LogP contribution in [0.4, 0.5) is 10.2 Å². The van der Waals surface area contributed by atoms with Crippen LogP contribution in [0.25, 0.3) is 22.2 Å². The van der Waals surface area contributed by atoms with Crippen molar-refractivity contribution < 1.29 is 9.13 Å². The second kappa shape index (κ2) is 9.81. The van der Waals surface area contributed by atoms with Crippen molar-refractivity contribution in [2.75, 3.05) is 11.9 Å². The molecule has 4 aromatic heterocycles. The minimum absolute atomic E-state index is 0.0777. The molecule has 10 heteroatoms. The van der Waals surface area contributed by atoms with Gasteiger partial charge >= 0.3 is 0 Å². The van der Waals surface area contributed by atoms with E-state index in [2.05, 4.69) is 31.1 Å². The summed E-state index contributed by atoms with van der Waals surface area (Å²) < 4.78 is 24.1. The maximum Gasteiger partial charge on any atom is 0.250 e. The number of nitrogens with one attached hydrogen (secondary N) is 1. The molecule has 0 aromatic carbocycles. The monoisotopic (exact) mass is 502 g/mol. The summed E-state index contributed by atoms with van der Waals surface area (Å²) >= 11 is 0. The molecule has 1 aliphatic carbocycles. The third-order valence-electron chi connectivity index (χ3n) is 6.97. The second-order valence-corrected chi connectivity index (χ2v) is 10.0. The third kappa shape index (κ3) is 4.73. The van der Waals surface area contributed by atoms with Gasteiger partial charge in [-0.05, 0) is 65.0 Å². The van der Waals surface area contributed by atoms with Gasteiger partial charge in [0.05, 0.1) is 23.8 Å². The topological polar surface area (TPSA) is 106 Å². The average Bonchev–Trinajstić information content (AvgIpc) is 3.53. The predicted molar refractivity (Wildman–Crippen MR) is 139 cm³/mol. The standard InChI is InChI=1S/C27H31FN8O/c1-5-30-23-12-22-21(14-32-23)25(18-13-33-35(15-18)27(3,4)16-29)34-36(22)19-6-8-20(9-7-19)37-26-24(28)17(2)10-11-31-26/h10-15,19-20H,5-9H2,1-4H3,(H,30,32). The van der Waals surface area contributed by atoms with Gasteiger partial charge in [-0.15, -0.1) is 0 Å². The van der Waals surface area contributed by atoms with Crippen molar-refractivity contribution in [2.24, 2.45) is 0 Å². The van der Waals surface area contributed by atoms with Crippen molar-refractivity contribution in [3.63, 3.8) is 0 Å². The Kier molecular flexibility index (Phi) is 6.54. The van der Waals surface area contributed by atoms with Crippen molar-refractivity contribution >= 4 is 16.7 Å². The van der Waals surface area contributed by atoms with E-state index in [1.165, 1.54) is 0 Å². The lowest BCUT2D eigenvalue weighted by Crippen LogP contribution is -2.27. The summed E-state index contributed by atoms with van der Waals surface area (Å²) in [5.41, 5.74) is 2.37. The van der Waals surface area contributed by atoms with Crippen LogP contribution < -0.4 is 10.1 Å². The molecule has 5 rings (SSSR count). The zero-order chi connectivity index (χ0) is 26.2. The first-order valence-corrected chi connectivity index (χ1v) is 12.7. The Morgan fingerprint density at radius 2 is 2.00 bits per heavy atom. The summed E-state index contributed by atoms with van der Waals surface area (Å²) in [4.78, 5) is 8.66. The van der Waals surface area contributed by atoms with Crippen molar-refractivity contribution in [3.05, 3.63) is 48.3 Å². The van der Waals surface area contributed by atoms with Crippen LogP contribution in [0.15, 0.2) is 36.9 Å². The van der Waals surface area contributed by atoms with Crippen LogP contribution in [0.5, 0.6) is 5.88 Å². The number of fused-ring (bicyclic) bond motifs is 1. The normalized spacial score (nSPS) is 18.1. The van der Waals surface area contributed by atoms with E-state index in [0.717, 1.165) is 60.2 Å². The highest BCUT2D eigenvalue weighted by Gasteiger charge is 2.28. The maximum atomic E-state index is 14.4. The minimum atomic E-state index is -0.767. The molecule has 1 saturated carbocycles. The van der Waals surface area contributed by atoms with Crippen LogP contribution in [0.1, 0.15) is 58.1 Å². The van der Waals surface area contributed by atoms with Gasteiger partial charge in [0.15, 0.2) is 5.82 Å². The number of ether oxygens (including phenoxy) is 1. The van der Waals surface area contributed by atoms with E-state index in [0.29, 0.717) is 5.56 Å². The Hall–Kier alpha value is -4.00. The molecule has 0 radical (unpaired) electrons. The molecular weight excluding hydrogens is 471 g/mol. The minimum Gasteiger partial charge on any atom is -0.472 e. The Morgan fingerprint density at radius 1 is 1.22 bits per heavy atom. The molecule has 4 heterocycles. The van der Waals surface area contributed by atoms with Crippen LogP contribution in [-0.4, -0.2) is 42.2 Å². The van der Waals surface area contributed by atoms with E-state index in [1.807, 2.05) is 39.2 Å². The zero-order valence-corrected chi connectivity index (χ0v) is 21.6. The lowest BCUT2D eigenvalue weighted by molar-refractivity contribution is 0.120. The molecule has 192 valence electrons. The molecule has 0 amide bonds. The summed E-state index contributed by atoms with van der Waals surface area (Å²) in [5.74, 6) is 0.479. The van der Waals surface area contributed by atoms with Gasteiger partial charge in [0, 0.05) is 42.2 Å². The number of pyridine rings is 2. The number of rotatable bonds is 7. The zero-order valence-electron chi connectivity index (χ0n) is 21.6. The van der Waals surface area contributed by atoms with E-state index in [4.69, 9.17) is 9.84 Å². The molecule has 0 unspecified atom stereocenters. The van der Waals surface area contributed by atoms with Crippen molar-refractivity contribution in [3.8, 4) is 23.2 Å². The average molecular weight is 503 g/mol. The molecule has 1 fully saturated rings. The molecule has 0 atom stereocenters. The van der Waals surface area contributed by atoms with Crippen molar-refractivity contribution in [2.45, 2.75) is 71.1 Å². The lowest BCUT2D eigenvalue weighted by atomic mass is 9.93. The first-order chi connectivity index (χ1) is 17.8. The molecule has 1 aliphatic rings. The second-order valence-electron chi connectivity index (χ2n) is 10.0. The summed E-state index contributed by atoms with van der Waals surface area (Å²) in [6, 6.07) is 6.12. The molecule has 0 spiro atoms. The molecule has 0 saturated heterocycles. The molecule has 4 aromatic rings.